The van der Waals surface area contributed by atoms with E-state index in [0.29, 0.717) is 24.8 Å². The zero-order chi connectivity index (χ0) is 19.6. The Morgan fingerprint density at radius 2 is 1.96 bits per heavy atom. The van der Waals surface area contributed by atoms with Gasteiger partial charge in [0.05, 0.1) is 19.0 Å². The summed E-state index contributed by atoms with van der Waals surface area (Å²) in [4.78, 5) is 2.86. The van der Waals surface area contributed by atoms with Crippen LogP contribution in [0.4, 0.5) is 19.1 Å². The van der Waals surface area contributed by atoms with Crippen LogP contribution >= 0.6 is 11.8 Å². The highest BCUT2D eigenvalue weighted by atomic mass is 32.2. The van der Waals surface area contributed by atoms with Crippen LogP contribution in [0, 0.1) is 0 Å². The van der Waals surface area contributed by atoms with Crippen LogP contribution in [-0.2, 0) is 17.5 Å². The molecule has 0 spiro atoms. The van der Waals surface area contributed by atoms with Crippen LogP contribution < -0.4 is 9.64 Å². The minimum Gasteiger partial charge on any atom is -0.496 e. The largest absolute Gasteiger partial charge is 0.496 e. The summed E-state index contributed by atoms with van der Waals surface area (Å²) >= 11 is 1.58. The maximum absolute atomic E-state index is 12.6. The van der Waals surface area contributed by atoms with Crippen molar-refractivity contribution < 1.29 is 22.6 Å². The Labute approximate surface area is 159 Å². The Hall–Kier alpha value is -1.94. The van der Waals surface area contributed by atoms with E-state index in [0.717, 1.165) is 23.4 Å². The molecule has 0 aliphatic carbocycles. The average molecular weight is 402 g/mol. The number of benzene rings is 1. The number of hydrogen-bond donors (Lipinski definition) is 0. The van der Waals surface area contributed by atoms with Crippen molar-refractivity contribution >= 4 is 17.7 Å². The molecule has 10 heteroatoms. The van der Waals surface area contributed by atoms with Gasteiger partial charge in [0.15, 0.2) is 6.10 Å². The standard InChI is InChI=1S/C17H21F3N4O2S/c1-11(17(18,19)20)26-12-8-24(9-12)16-22-21-15(23(16)2)10-27-14-7-5-4-6-13(14)25-3/h4-7,11-12H,8-10H2,1-3H3. The third kappa shape index (κ3) is 4.49. The van der Waals surface area contributed by atoms with Crippen molar-refractivity contribution in [2.45, 2.75) is 36.0 Å². The quantitative estimate of drug-likeness (QED) is 0.663. The van der Waals surface area contributed by atoms with Gasteiger partial charge < -0.3 is 14.4 Å². The second-order valence-corrected chi connectivity index (χ2v) is 7.28. The van der Waals surface area contributed by atoms with Crippen LogP contribution in [0.15, 0.2) is 29.2 Å². The Balaban J connectivity index is 1.56. The molecule has 1 aromatic carbocycles. The van der Waals surface area contributed by atoms with E-state index in [2.05, 4.69) is 10.2 Å². The van der Waals surface area contributed by atoms with E-state index in [9.17, 15) is 13.2 Å². The minimum atomic E-state index is -4.34. The summed E-state index contributed by atoms with van der Waals surface area (Å²) in [6, 6.07) is 7.72. The number of hydrogen-bond acceptors (Lipinski definition) is 6. The van der Waals surface area contributed by atoms with E-state index >= 15 is 0 Å². The lowest BCUT2D eigenvalue weighted by Gasteiger charge is -2.40. The van der Waals surface area contributed by atoms with Gasteiger partial charge in [0.2, 0.25) is 5.95 Å². The van der Waals surface area contributed by atoms with E-state index < -0.39 is 18.4 Å². The lowest BCUT2D eigenvalue weighted by molar-refractivity contribution is -0.228. The Bertz CT molecular complexity index is 778. The Kier molecular flexibility index (Phi) is 5.85. The lowest BCUT2D eigenvalue weighted by atomic mass is 10.2. The van der Waals surface area contributed by atoms with Crippen LogP contribution in [0.25, 0.3) is 0 Å². The normalized spacial score (nSPS) is 16.3. The lowest BCUT2D eigenvalue weighted by Crippen LogP contribution is -2.55. The maximum Gasteiger partial charge on any atom is 0.414 e. The molecule has 2 heterocycles. The molecule has 1 atom stereocenters. The second-order valence-electron chi connectivity index (χ2n) is 6.26. The van der Waals surface area contributed by atoms with E-state index in [1.165, 1.54) is 0 Å². The molecule has 1 saturated heterocycles. The van der Waals surface area contributed by atoms with Crippen molar-refractivity contribution in [2.75, 3.05) is 25.1 Å². The molecular formula is C17H21F3N4O2S. The molecule has 1 aromatic heterocycles. The summed E-state index contributed by atoms with van der Waals surface area (Å²) in [5, 5.41) is 8.37. The highest BCUT2D eigenvalue weighted by Crippen LogP contribution is 2.32. The van der Waals surface area contributed by atoms with Crippen molar-refractivity contribution in [2.24, 2.45) is 7.05 Å². The fourth-order valence-corrected chi connectivity index (χ4v) is 3.69. The second kappa shape index (κ2) is 7.97. The van der Waals surface area contributed by atoms with Crippen LogP contribution in [-0.4, -0.2) is 53.3 Å². The number of anilines is 1. The van der Waals surface area contributed by atoms with Crippen LogP contribution in [0.2, 0.25) is 0 Å². The number of thioether (sulfide) groups is 1. The predicted molar refractivity (Wildman–Crippen MR) is 96.2 cm³/mol. The number of methoxy groups -OCH3 is 1. The number of para-hydroxylation sites is 1. The summed E-state index contributed by atoms with van der Waals surface area (Å²) in [7, 11) is 3.47. The van der Waals surface area contributed by atoms with Gasteiger partial charge in [-0.05, 0) is 19.1 Å². The molecule has 2 aromatic rings. The van der Waals surface area contributed by atoms with Gasteiger partial charge in [0.25, 0.3) is 0 Å². The molecule has 1 fully saturated rings. The molecule has 3 rings (SSSR count). The van der Waals surface area contributed by atoms with Crippen molar-refractivity contribution in [1.29, 1.82) is 0 Å². The highest BCUT2D eigenvalue weighted by molar-refractivity contribution is 7.98. The van der Waals surface area contributed by atoms with Gasteiger partial charge in [0.1, 0.15) is 11.6 Å². The fourth-order valence-electron chi connectivity index (χ4n) is 2.69. The summed E-state index contributed by atoms with van der Waals surface area (Å²) in [5.41, 5.74) is 0. The molecule has 0 N–H and O–H groups in total. The highest BCUT2D eigenvalue weighted by Gasteiger charge is 2.41. The predicted octanol–water partition coefficient (Wildman–Crippen LogP) is 3.27. The Morgan fingerprint density at radius 3 is 2.63 bits per heavy atom. The van der Waals surface area contributed by atoms with Crippen LogP contribution in [0.5, 0.6) is 5.75 Å². The summed E-state index contributed by atoms with van der Waals surface area (Å²) in [5.74, 6) is 2.80. The third-order valence-corrected chi connectivity index (χ3v) is 5.41. The van der Waals surface area contributed by atoms with Gasteiger partial charge >= 0.3 is 6.18 Å². The number of alkyl halides is 3. The maximum atomic E-state index is 12.6. The summed E-state index contributed by atoms with van der Waals surface area (Å²) in [6.07, 6.45) is -6.56. The molecule has 148 valence electrons. The van der Waals surface area contributed by atoms with Crippen molar-refractivity contribution in [3.05, 3.63) is 30.1 Å². The van der Waals surface area contributed by atoms with Gasteiger partial charge in [0, 0.05) is 25.0 Å². The number of aromatic nitrogens is 3. The first-order valence-corrected chi connectivity index (χ1v) is 9.39. The van der Waals surface area contributed by atoms with E-state index in [1.807, 2.05) is 40.8 Å². The number of halogens is 3. The van der Waals surface area contributed by atoms with E-state index in [-0.39, 0.29) is 0 Å². The molecule has 1 aliphatic heterocycles. The molecule has 1 unspecified atom stereocenters. The zero-order valence-electron chi connectivity index (χ0n) is 15.2. The molecule has 6 nitrogen and oxygen atoms in total. The monoisotopic (exact) mass is 402 g/mol. The van der Waals surface area contributed by atoms with Crippen molar-refractivity contribution in [3.8, 4) is 5.75 Å². The first-order valence-electron chi connectivity index (χ1n) is 8.40. The number of nitrogens with zero attached hydrogens (tertiary/aromatic N) is 4. The molecular weight excluding hydrogens is 381 g/mol. The first kappa shape index (κ1) is 19.8. The topological polar surface area (TPSA) is 52.4 Å². The fraction of sp³-hybridized carbons (Fsp3) is 0.529. The molecule has 0 radical (unpaired) electrons. The van der Waals surface area contributed by atoms with Gasteiger partial charge in [-0.2, -0.15) is 13.2 Å². The number of rotatable bonds is 7. The van der Waals surface area contributed by atoms with Gasteiger partial charge in [-0.1, -0.05) is 12.1 Å². The van der Waals surface area contributed by atoms with Crippen molar-refractivity contribution in [3.63, 3.8) is 0 Å². The molecule has 0 bridgehead atoms. The van der Waals surface area contributed by atoms with Gasteiger partial charge in [-0.3, -0.25) is 4.57 Å². The minimum absolute atomic E-state index is 0.367. The van der Waals surface area contributed by atoms with Gasteiger partial charge in [-0.25, -0.2) is 0 Å². The molecule has 0 amide bonds. The molecule has 0 saturated carbocycles. The SMILES string of the molecule is COc1ccccc1SCc1nnc(N2CC(OC(C)C(F)(F)F)C2)n1C. The third-order valence-electron chi connectivity index (χ3n) is 4.36. The summed E-state index contributed by atoms with van der Waals surface area (Å²) < 4.78 is 49.9. The van der Waals surface area contributed by atoms with Crippen molar-refractivity contribution in [1.82, 2.24) is 14.8 Å². The summed E-state index contributed by atoms with van der Waals surface area (Å²) in [6.45, 7) is 1.76. The molecule has 1 aliphatic rings. The first-order chi connectivity index (χ1) is 12.8. The van der Waals surface area contributed by atoms with Crippen LogP contribution in [0.1, 0.15) is 12.7 Å². The smallest absolute Gasteiger partial charge is 0.414 e. The van der Waals surface area contributed by atoms with E-state index in [4.69, 9.17) is 9.47 Å². The van der Waals surface area contributed by atoms with E-state index in [1.54, 1.807) is 18.9 Å². The zero-order valence-corrected chi connectivity index (χ0v) is 16.0. The number of ether oxygens (including phenoxy) is 2. The Morgan fingerprint density at radius 1 is 1.26 bits per heavy atom. The van der Waals surface area contributed by atoms with Crippen LogP contribution in [0.3, 0.4) is 0 Å². The van der Waals surface area contributed by atoms with Gasteiger partial charge in [-0.15, -0.1) is 22.0 Å². The average Bonchev–Trinajstić information content (AvgIpc) is 2.95. The molecule has 27 heavy (non-hydrogen) atoms.